The molecule has 2 aromatic heterocycles. The van der Waals surface area contributed by atoms with Crippen molar-refractivity contribution in [2.24, 2.45) is 0 Å². The van der Waals surface area contributed by atoms with Crippen LogP contribution in [0.5, 0.6) is 0 Å². The molecule has 0 saturated heterocycles. The fourth-order valence-electron chi connectivity index (χ4n) is 5.20. The number of carbonyl (C=O) groups excluding carboxylic acids is 3. The van der Waals surface area contributed by atoms with Crippen molar-refractivity contribution in [3.05, 3.63) is 166 Å². The SMILES string of the molecule is COC(=O)c1cc(C)nn1-c1ccc(CNC(=O)OCc2ccccc2)cc1.Cc1cc(C(=O)O)n(-c2ccc(CNC(=O)OCc3ccccc3)cc2)n1.[Li+].[OH-]. The predicted molar refractivity (Wildman–Crippen MR) is 204 cm³/mol. The Balaban J connectivity index is 0.000000295. The molecule has 0 bridgehead atoms. The molecule has 0 fully saturated rings. The predicted octanol–water partition coefficient (Wildman–Crippen LogP) is 3.53. The van der Waals surface area contributed by atoms with Gasteiger partial charge in [0.15, 0.2) is 11.4 Å². The number of esters is 1. The van der Waals surface area contributed by atoms with Gasteiger partial charge in [0.1, 0.15) is 13.2 Å². The molecule has 0 radical (unpaired) electrons. The van der Waals surface area contributed by atoms with Gasteiger partial charge in [-0.1, -0.05) is 84.9 Å². The third-order valence-corrected chi connectivity index (χ3v) is 7.94. The number of amides is 2. The van der Waals surface area contributed by atoms with Crippen LogP contribution in [0.25, 0.3) is 11.4 Å². The number of carboxylic acids is 1. The summed E-state index contributed by atoms with van der Waals surface area (Å²) in [5.41, 5.74) is 6.75. The van der Waals surface area contributed by atoms with E-state index in [0.717, 1.165) is 27.9 Å². The molecule has 0 spiro atoms. The van der Waals surface area contributed by atoms with Crippen LogP contribution < -0.4 is 29.5 Å². The van der Waals surface area contributed by atoms with Crippen LogP contribution in [0.4, 0.5) is 9.59 Å². The number of hydrogen-bond donors (Lipinski definition) is 3. The Morgan fingerprint density at radius 1 is 0.596 bits per heavy atom. The maximum Gasteiger partial charge on any atom is 1.00 e. The Morgan fingerprint density at radius 3 is 1.37 bits per heavy atom. The Labute approximate surface area is 341 Å². The van der Waals surface area contributed by atoms with Gasteiger partial charge in [-0.15, -0.1) is 0 Å². The Bertz CT molecular complexity index is 2210. The number of alkyl carbamates (subject to hydrolysis) is 2. The van der Waals surface area contributed by atoms with E-state index in [1.54, 1.807) is 37.3 Å². The number of nitrogens with one attached hydrogen (secondary N) is 2. The van der Waals surface area contributed by atoms with E-state index in [1.165, 1.54) is 22.5 Å². The largest absolute Gasteiger partial charge is 1.00 e. The van der Waals surface area contributed by atoms with Gasteiger partial charge in [0, 0.05) is 13.1 Å². The molecule has 57 heavy (non-hydrogen) atoms. The molecule has 6 rings (SSSR count). The van der Waals surface area contributed by atoms with E-state index in [4.69, 9.17) is 14.2 Å². The maximum atomic E-state index is 11.9. The summed E-state index contributed by atoms with van der Waals surface area (Å²) < 4.78 is 18.0. The fourth-order valence-corrected chi connectivity index (χ4v) is 5.20. The second-order valence-electron chi connectivity index (χ2n) is 12.1. The van der Waals surface area contributed by atoms with Crippen LogP contribution in [0.15, 0.2) is 121 Å². The fraction of sp³-hybridized carbons (Fsp3) is 0.171. The molecule has 4 N–H and O–H groups in total. The van der Waals surface area contributed by atoms with Crippen LogP contribution in [0.3, 0.4) is 0 Å². The van der Waals surface area contributed by atoms with Crippen molar-refractivity contribution in [2.75, 3.05) is 7.11 Å². The molecule has 2 amide bonds. The summed E-state index contributed by atoms with van der Waals surface area (Å²) in [4.78, 5) is 46.8. The average Bonchev–Trinajstić information content (AvgIpc) is 3.81. The Hall–Kier alpha value is -6.66. The average molecular weight is 769 g/mol. The summed E-state index contributed by atoms with van der Waals surface area (Å²) in [6, 6.07) is 36.6. The van der Waals surface area contributed by atoms with E-state index in [-0.39, 0.29) is 43.2 Å². The Kier molecular flexibility index (Phi) is 17.3. The van der Waals surface area contributed by atoms with Gasteiger partial charge < -0.3 is 35.4 Å². The summed E-state index contributed by atoms with van der Waals surface area (Å²) in [7, 11) is 1.33. The van der Waals surface area contributed by atoms with Crippen molar-refractivity contribution in [2.45, 2.75) is 40.2 Å². The molecule has 290 valence electrons. The number of nitrogens with zero attached hydrogens (tertiary/aromatic N) is 4. The molecule has 0 unspecified atom stereocenters. The maximum absolute atomic E-state index is 11.9. The van der Waals surface area contributed by atoms with E-state index in [9.17, 15) is 24.3 Å². The zero-order chi connectivity index (χ0) is 39.2. The third-order valence-electron chi connectivity index (χ3n) is 7.94. The first-order chi connectivity index (χ1) is 26.6. The summed E-state index contributed by atoms with van der Waals surface area (Å²) in [5, 5.41) is 23.2. The van der Waals surface area contributed by atoms with Crippen molar-refractivity contribution >= 4 is 24.1 Å². The molecule has 0 aliphatic carbocycles. The van der Waals surface area contributed by atoms with Gasteiger partial charge in [0.2, 0.25) is 0 Å². The molecule has 2 heterocycles. The molecule has 0 atom stereocenters. The van der Waals surface area contributed by atoms with Crippen LogP contribution in [0, 0.1) is 13.8 Å². The summed E-state index contributed by atoms with van der Waals surface area (Å²) in [5.74, 6) is -1.49. The summed E-state index contributed by atoms with van der Waals surface area (Å²) >= 11 is 0. The first-order valence-electron chi connectivity index (χ1n) is 17.1. The van der Waals surface area contributed by atoms with Crippen LogP contribution >= 0.6 is 0 Å². The normalized spacial score (nSPS) is 10.0. The minimum atomic E-state index is -1.04. The number of carbonyl (C=O) groups is 4. The van der Waals surface area contributed by atoms with E-state index >= 15 is 0 Å². The summed E-state index contributed by atoms with van der Waals surface area (Å²) in [6.45, 7) is 4.61. The molecule has 6 aromatic rings. The number of hydrogen-bond acceptors (Lipinski definition) is 10. The number of methoxy groups -OCH3 is 1. The monoisotopic (exact) mass is 768 g/mol. The number of aryl methyl sites for hydroxylation is 2. The first-order valence-corrected chi connectivity index (χ1v) is 17.1. The molecule has 0 saturated carbocycles. The second kappa shape index (κ2) is 22.0. The van der Waals surface area contributed by atoms with E-state index < -0.39 is 24.1 Å². The molecule has 16 heteroatoms. The number of aromatic carboxylic acids is 1. The smallest absolute Gasteiger partial charge is 0.870 e. The Morgan fingerprint density at radius 2 is 0.982 bits per heavy atom. The van der Waals surface area contributed by atoms with Crippen LogP contribution in [0.2, 0.25) is 0 Å². The molecule has 0 aliphatic rings. The van der Waals surface area contributed by atoms with Gasteiger partial charge in [0.25, 0.3) is 0 Å². The van der Waals surface area contributed by atoms with Crippen LogP contribution in [0.1, 0.15) is 54.6 Å². The molecule has 4 aromatic carbocycles. The molecule has 0 aliphatic heterocycles. The number of ether oxygens (including phenoxy) is 3. The van der Waals surface area contributed by atoms with Gasteiger partial charge >= 0.3 is 43.0 Å². The van der Waals surface area contributed by atoms with E-state index in [1.807, 2.05) is 91.9 Å². The van der Waals surface area contributed by atoms with Crippen molar-refractivity contribution in [1.82, 2.24) is 30.2 Å². The van der Waals surface area contributed by atoms with E-state index in [0.29, 0.717) is 35.9 Å². The summed E-state index contributed by atoms with van der Waals surface area (Å²) in [6.07, 6.45) is -0.984. The number of carboxylic acid groups (broad SMARTS) is 1. The standard InChI is InChI=1S/C21H21N3O4.C20H19N3O4.Li.H2O/c1-15-12-19(20(25)27-2)24(23-15)18-10-8-16(9-11-18)13-22-21(26)28-14-17-6-4-3-5-7-17;1-14-11-18(19(24)25)23(22-14)17-9-7-15(8-10-17)12-21-20(26)27-13-16-5-3-2-4-6-16;;/h3-12H,13-14H2,1-2H3,(H,22,26);2-11H,12-13H2,1H3,(H,21,26)(H,24,25);;1H2/q;;+1;/p-1. The van der Waals surface area contributed by atoms with Gasteiger partial charge in [0.05, 0.1) is 29.9 Å². The van der Waals surface area contributed by atoms with Gasteiger partial charge in [-0.3, -0.25) is 0 Å². The van der Waals surface area contributed by atoms with E-state index in [2.05, 4.69) is 20.8 Å². The van der Waals surface area contributed by atoms with Crippen molar-refractivity contribution in [3.63, 3.8) is 0 Å². The second-order valence-corrected chi connectivity index (χ2v) is 12.1. The zero-order valence-electron chi connectivity index (χ0n) is 31.9. The van der Waals surface area contributed by atoms with Crippen molar-refractivity contribution in [3.8, 4) is 11.4 Å². The zero-order valence-corrected chi connectivity index (χ0v) is 31.9. The number of aromatic nitrogens is 4. The minimum absolute atomic E-state index is 0. The first kappa shape index (κ1) is 44.7. The molecular weight excluding hydrogens is 727 g/mol. The third kappa shape index (κ3) is 13.3. The minimum Gasteiger partial charge on any atom is -0.870 e. The van der Waals surface area contributed by atoms with Crippen LogP contribution in [-0.4, -0.2) is 61.4 Å². The van der Waals surface area contributed by atoms with Crippen LogP contribution in [-0.2, 0) is 40.5 Å². The van der Waals surface area contributed by atoms with Crippen molar-refractivity contribution < 1.29 is 62.8 Å². The van der Waals surface area contributed by atoms with Gasteiger partial charge in [-0.05, 0) is 72.5 Å². The topological polar surface area (TPSA) is 206 Å². The van der Waals surface area contributed by atoms with Gasteiger partial charge in [-0.2, -0.15) is 10.2 Å². The number of benzene rings is 4. The molecule has 15 nitrogen and oxygen atoms in total. The quantitative estimate of drug-likeness (QED) is 0.0933. The van der Waals surface area contributed by atoms with Gasteiger partial charge in [-0.25, -0.2) is 28.5 Å². The van der Waals surface area contributed by atoms with Crippen molar-refractivity contribution in [1.29, 1.82) is 0 Å². The molecular formula is C41H41LiN6O9. The number of rotatable bonds is 12.